The minimum atomic E-state index is -5.05. The lowest BCUT2D eigenvalue weighted by Gasteiger charge is -2.30. The summed E-state index contributed by atoms with van der Waals surface area (Å²) in [6.07, 6.45) is 0.132. The molecule has 0 spiro atoms. The van der Waals surface area contributed by atoms with Crippen molar-refractivity contribution in [2.24, 2.45) is 0 Å². The monoisotopic (exact) mass is 378 g/mol. The second-order valence-corrected chi connectivity index (χ2v) is 7.49. The van der Waals surface area contributed by atoms with E-state index in [-0.39, 0.29) is 19.4 Å². The lowest BCUT2D eigenvalue weighted by atomic mass is 10.0. The zero-order valence-corrected chi connectivity index (χ0v) is 12.8. The zero-order chi connectivity index (χ0) is 17.6. The van der Waals surface area contributed by atoms with Crippen LogP contribution < -0.4 is 4.72 Å². The molecule has 2 amide bonds. The van der Waals surface area contributed by atoms with Crippen molar-refractivity contribution in [3.8, 4) is 0 Å². The molecule has 3 N–H and O–H groups in total. The average Bonchev–Trinajstić information content (AvgIpc) is 2.62. The highest BCUT2D eigenvalue weighted by Crippen LogP contribution is 2.30. The number of nitrogens with one attached hydrogen (secondary N) is 2. The molecule has 0 radical (unpaired) electrons. The predicted octanol–water partition coefficient (Wildman–Crippen LogP) is -0.891. The maximum atomic E-state index is 12.3. The third-order valence-corrected chi connectivity index (χ3v) is 4.64. The molecule has 11 nitrogen and oxygen atoms in total. The van der Waals surface area contributed by atoms with Gasteiger partial charge in [-0.25, -0.2) is 13.2 Å². The lowest BCUT2D eigenvalue weighted by molar-refractivity contribution is -0.0316. The van der Waals surface area contributed by atoms with Gasteiger partial charge in [0.15, 0.2) is 0 Å². The molecule has 2 unspecified atom stereocenters. The standard InChI is InChI=1S/C8H12F2N4O7S2/c9-7(10)22(16,17)12-6(11)5-2-1-4-3-13(5)8(15)14(4)21-23(18,19)20/h4-5,7H,1-3H2,(H2,11,12)(H,18,19,20). The van der Waals surface area contributed by atoms with Gasteiger partial charge in [0.2, 0.25) is 0 Å². The summed E-state index contributed by atoms with van der Waals surface area (Å²) in [4.78, 5) is 12.9. The topological polar surface area (TPSA) is 157 Å². The Balaban J connectivity index is 2.14. The van der Waals surface area contributed by atoms with E-state index < -0.39 is 50.1 Å². The first-order valence-corrected chi connectivity index (χ1v) is 8.98. The summed E-state index contributed by atoms with van der Waals surface area (Å²) in [5.74, 6) is -4.58. The normalized spacial score (nSPS) is 25.1. The van der Waals surface area contributed by atoms with Crippen molar-refractivity contribution in [2.45, 2.75) is 30.7 Å². The van der Waals surface area contributed by atoms with Crippen LogP contribution in [0.25, 0.3) is 0 Å². The quantitative estimate of drug-likeness (QED) is 0.318. The van der Waals surface area contributed by atoms with E-state index >= 15 is 0 Å². The van der Waals surface area contributed by atoms with E-state index in [1.165, 1.54) is 4.72 Å². The molecule has 2 aliphatic rings. The van der Waals surface area contributed by atoms with Crippen LogP contribution in [-0.4, -0.2) is 67.6 Å². The largest absolute Gasteiger partial charge is 0.418 e. The molecule has 0 aromatic heterocycles. The van der Waals surface area contributed by atoms with Crippen LogP contribution >= 0.6 is 0 Å². The molecule has 0 aromatic carbocycles. The van der Waals surface area contributed by atoms with E-state index in [0.29, 0.717) is 5.06 Å². The van der Waals surface area contributed by atoms with Gasteiger partial charge in [0.1, 0.15) is 5.84 Å². The highest BCUT2D eigenvalue weighted by Gasteiger charge is 2.49. The predicted molar refractivity (Wildman–Crippen MR) is 69.2 cm³/mol. The number of piperidine rings is 1. The summed E-state index contributed by atoms with van der Waals surface area (Å²) in [6, 6.07) is -2.93. The molecule has 2 fully saturated rings. The fourth-order valence-electron chi connectivity index (χ4n) is 2.40. The molecule has 2 aliphatic heterocycles. The summed E-state index contributed by atoms with van der Waals surface area (Å²) in [6.45, 7) is -0.113. The number of alkyl halides is 2. The van der Waals surface area contributed by atoms with Crippen LogP contribution in [0.15, 0.2) is 0 Å². The maximum Gasteiger partial charge on any atom is 0.418 e. The van der Waals surface area contributed by atoms with Crippen molar-refractivity contribution < 1.29 is 39.2 Å². The van der Waals surface area contributed by atoms with Gasteiger partial charge in [0, 0.05) is 6.54 Å². The van der Waals surface area contributed by atoms with E-state index in [9.17, 15) is 30.4 Å². The summed E-state index contributed by atoms with van der Waals surface area (Å²) < 4.78 is 82.3. The van der Waals surface area contributed by atoms with Gasteiger partial charge >= 0.3 is 22.2 Å². The number of amides is 2. The molecule has 2 heterocycles. The van der Waals surface area contributed by atoms with Gasteiger partial charge in [0.25, 0.3) is 10.0 Å². The van der Waals surface area contributed by atoms with Gasteiger partial charge in [-0.2, -0.15) is 22.3 Å². The minimum Gasteiger partial charge on any atom is -0.310 e. The number of hydrogen-bond donors (Lipinski definition) is 3. The van der Waals surface area contributed by atoms with E-state index in [2.05, 4.69) is 4.28 Å². The van der Waals surface area contributed by atoms with Gasteiger partial charge in [-0.05, 0) is 12.8 Å². The highest BCUT2D eigenvalue weighted by atomic mass is 32.3. The Morgan fingerprint density at radius 1 is 1.35 bits per heavy atom. The number of urea groups is 1. The smallest absolute Gasteiger partial charge is 0.310 e. The molecule has 0 aliphatic carbocycles. The van der Waals surface area contributed by atoms with Gasteiger partial charge < -0.3 is 4.90 Å². The first-order valence-electron chi connectivity index (χ1n) is 6.07. The summed E-state index contributed by atoms with van der Waals surface area (Å²) in [7, 11) is -9.99. The number of amidine groups is 1. The van der Waals surface area contributed by atoms with Crippen LogP contribution in [-0.2, 0) is 24.7 Å². The molecule has 15 heteroatoms. The first-order chi connectivity index (χ1) is 10.4. The Bertz CT molecular complexity index is 725. The Hall–Kier alpha value is -1.58. The Morgan fingerprint density at radius 3 is 2.48 bits per heavy atom. The third kappa shape index (κ3) is 3.67. The van der Waals surface area contributed by atoms with Crippen LogP contribution in [0.3, 0.4) is 0 Å². The number of carbonyl (C=O) groups excluding carboxylic acids is 1. The Labute approximate surface area is 129 Å². The Kier molecular flexibility index (Phi) is 4.49. The van der Waals surface area contributed by atoms with Crippen LogP contribution in [0, 0.1) is 5.41 Å². The number of rotatable bonds is 5. The molecule has 0 saturated carbocycles. The molecule has 2 atom stereocenters. The SMILES string of the molecule is N=C(NS(=O)(=O)C(F)F)C1CCC2CN1C(=O)N2OS(=O)(=O)O. The number of carbonyl (C=O) groups is 1. The molecule has 23 heavy (non-hydrogen) atoms. The van der Waals surface area contributed by atoms with Crippen LogP contribution in [0.5, 0.6) is 0 Å². The number of nitrogens with zero attached hydrogens (tertiary/aromatic N) is 2. The first kappa shape index (κ1) is 17.8. The van der Waals surface area contributed by atoms with E-state index in [1.807, 2.05) is 0 Å². The fourth-order valence-corrected chi connectivity index (χ4v) is 3.32. The number of fused-ring (bicyclic) bond motifs is 2. The fraction of sp³-hybridized carbons (Fsp3) is 0.750. The summed E-state index contributed by atoms with van der Waals surface area (Å²) >= 11 is 0. The number of halogens is 2. The zero-order valence-electron chi connectivity index (χ0n) is 11.2. The molecule has 2 bridgehead atoms. The molecule has 2 rings (SSSR count). The lowest BCUT2D eigenvalue weighted by Crippen LogP contribution is -2.51. The van der Waals surface area contributed by atoms with Gasteiger partial charge in [-0.1, -0.05) is 0 Å². The average molecular weight is 378 g/mol. The third-order valence-electron chi connectivity index (χ3n) is 3.32. The van der Waals surface area contributed by atoms with Crippen LogP contribution in [0.2, 0.25) is 0 Å². The van der Waals surface area contributed by atoms with Crippen molar-refractivity contribution in [2.75, 3.05) is 6.54 Å². The van der Waals surface area contributed by atoms with Crippen molar-refractivity contribution in [1.82, 2.24) is 14.7 Å². The molecular formula is C8H12F2N4O7S2. The second-order valence-electron chi connectivity index (χ2n) is 4.83. The molecular weight excluding hydrogens is 366 g/mol. The molecule has 132 valence electrons. The van der Waals surface area contributed by atoms with Crippen molar-refractivity contribution >= 4 is 32.3 Å². The second kappa shape index (κ2) is 5.81. The van der Waals surface area contributed by atoms with E-state index in [0.717, 1.165) is 4.90 Å². The van der Waals surface area contributed by atoms with Gasteiger partial charge in [0.05, 0.1) is 12.1 Å². The van der Waals surface area contributed by atoms with Crippen molar-refractivity contribution in [3.63, 3.8) is 0 Å². The van der Waals surface area contributed by atoms with Crippen molar-refractivity contribution in [3.05, 3.63) is 0 Å². The van der Waals surface area contributed by atoms with E-state index in [1.54, 1.807) is 0 Å². The van der Waals surface area contributed by atoms with E-state index in [4.69, 9.17) is 9.96 Å². The molecule has 0 aromatic rings. The highest BCUT2D eigenvalue weighted by molar-refractivity contribution is 7.90. The number of hydroxylamine groups is 2. The summed E-state index contributed by atoms with van der Waals surface area (Å²) in [5, 5.41) is 7.97. The minimum absolute atomic E-state index is 0.0202. The van der Waals surface area contributed by atoms with Crippen LogP contribution in [0.1, 0.15) is 12.8 Å². The Morgan fingerprint density at radius 2 is 1.96 bits per heavy atom. The van der Waals surface area contributed by atoms with Gasteiger partial charge in [-0.15, -0.1) is 4.28 Å². The number of hydrogen-bond acceptors (Lipinski definition) is 7. The van der Waals surface area contributed by atoms with Crippen molar-refractivity contribution in [1.29, 1.82) is 5.41 Å². The van der Waals surface area contributed by atoms with Crippen LogP contribution in [0.4, 0.5) is 13.6 Å². The molecule has 2 saturated heterocycles. The van der Waals surface area contributed by atoms with Gasteiger partial charge in [-0.3, -0.25) is 14.7 Å². The summed E-state index contributed by atoms with van der Waals surface area (Å²) in [5.41, 5.74) is 0. The maximum absolute atomic E-state index is 12.3. The number of sulfonamides is 1.